The maximum atomic E-state index is 13.1. The Balaban J connectivity index is 1.38. The van der Waals surface area contributed by atoms with E-state index in [9.17, 15) is 45.0 Å². The smallest absolute Gasteiger partial charge is 0.338 e. The number of aliphatic hydroxyl groups excluding tert-OH is 4. The monoisotopic (exact) mass is 632 g/mol. The predicted molar refractivity (Wildman–Crippen MR) is 147 cm³/mol. The van der Waals surface area contributed by atoms with E-state index in [1.807, 2.05) is 0 Å². The van der Waals surface area contributed by atoms with E-state index in [1.165, 1.54) is 50.5 Å². The highest BCUT2D eigenvalue weighted by atomic mass is 16.8. The molecule has 45 heavy (non-hydrogen) atoms. The van der Waals surface area contributed by atoms with E-state index in [4.69, 9.17) is 28.4 Å². The Kier molecular flexibility index (Phi) is 9.02. The molecule has 3 heterocycles. The molecule has 1 fully saturated rings. The van der Waals surface area contributed by atoms with Crippen LogP contribution in [0.15, 0.2) is 59.9 Å². The molecule has 4 aliphatic rings. The number of ether oxygens (including phenoxy) is 6. The van der Waals surface area contributed by atoms with Crippen LogP contribution in [-0.2, 0) is 42.8 Å². The summed E-state index contributed by atoms with van der Waals surface area (Å²) >= 11 is 0. The highest BCUT2D eigenvalue weighted by Crippen LogP contribution is 2.51. The average molecular weight is 633 g/mol. The van der Waals surface area contributed by atoms with Gasteiger partial charge in [0.2, 0.25) is 6.29 Å². The van der Waals surface area contributed by atoms with E-state index >= 15 is 0 Å². The van der Waals surface area contributed by atoms with Gasteiger partial charge in [-0.05, 0) is 42.8 Å². The Hall–Kier alpha value is -4.25. The number of fused-ring (bicyclic) bond motifs is 2. The van der Waals surface area contributed by atoms with Crippen LogP contribution in [0.4, 0.5) is 0 Å². The molecule has 0 bridgehead atoms. The van der Waals surface area contributed by atoms with Crippen molar-refractivity contribution in [2.24, 2.45) is 11.8 Å². The first-order valence-corrected chi connectivity index (χ1v) is 13.8. The highest BCUT2D eigenvalue weighted by molar-refractivity contribution is 5.95. The second-order valence-electron chi connectivity index (χ2n) is 10.8. The highest BCUT2D eigenvalue weighted by Gasteiger charge is 2.60. The van der Waals surface area contributed by atoms with Crippen LogP contribution in [0.2, 0.25) is 0 Å². The fourth-order valence-corrected chi connectivity index (χ4v) is 5.64. The Morgan fingerprint density at radius 1 is 1.09 bits per heavy atom. The van der Waals surface area contributed by atoms with Gasteiger partial charge in [0.15, 0.2) is 23.4 Å². The number of esters is 3. The van der Waals surface area contributed by atoms with E-state index in [-0.39, 0.29) is 22.6 Å². The summed E-state index contributed by atoms with van der Waals surface area (Å²) in [5.41, 5.74) is -1.17. The van der Waals surface area contributed by atoms with E-state index in [2.05, 4.69) is 0 Å². The summed E-state index contributed by atoms with van der Waals surface area (Å²) in [6.45, 7) is 0.743. The Labute approximate surface area is 255 Å². The Bertz CT molecular complexity index is 1460. The quantitative estimate of drug-likeness (QED) is 0.0684. The SMILES string of the molecule is COC(=O)C1=COC(OC2OC(CO)C(O)C(O)C2O)C2C1C=CC21C=C(C(C)OC(=O)C=Cc2ccc(O)c(O)c2)C(=O)O1. The van der Waals surface area contributed by atoms with Crippen molar-refractivity contribution in [1.29, 1.82) is 0 Å². The van der Waals surface area contributed by atoms with Crippen LogP contribution in [-0.4, -0.2) is 111 Å². The predicted octanol–water partition coefficient (Wildman–Crippen LogP) is -0.703. The van der Waals surface area contributed by atoms with Gasteiger partial charge in [0.25, 0.3) is 0 Å². The summed E-state index contributed by atoms with van der Waals surface area (Å²) in [4.78, 5) is 38.2. The summed E-state index contributed by atoms with van der Waals surface area (Å²) in [5, 5.41) is 59.5. The number of benzene rings is 1. The number of carbonyl (C=O) groups excluding carboxylic acids is 3. The first kappa shape index (κ1) is 32.2. The molecule has 15 heteroatoms. The topological polar surface area (TPSA) is 228 Å². The number of phenolic OH excluding ortho intramolecular Hbond substituents is 2. The normalized spacial score (nSPS) is 34.5. The molecule has 1 aromatic carbocycles. The molecule has 1 aliphatic carbocycles. The fraction of sp³-hybridized carbons (Fsp3) is 0.433. The van der Waals surface area contributed by atoms with Gasteiger partial charge in [-0.25, -0.2) is 14.4 Å². The zero-order chi connectivity index (χ0) is 32.6. The van der Waals surface area contributed by atoms with E-state index in [0.717, 1.165) is 12.3 Å². The van der Waals surface area contributed by atoms with E-state index < -0.39 is 85.1 Å². The largest absolute Gasteiger partial charge is 0.504 e. The first-order valence-electron chi connectivity index (χ1n) is 13.8. The third kappa shape index (κ3) is 6.05. The van der Waals surface area contributed by atoms with Crippen LogP contribution in [0.25, 0.3) is 6.08 Å². The number of allylic oxidation sites excluding steroid dienone is 1. The molecule has 6 N–H and O–H groups in total. The van der Waals surface area contributed by atoms with Gasteiger partial charge in [-0.3, -0.25) is 0 Å². The minimum absolute atomic E-state index is 0.0370. The summed E-state index contributed by atoms with van der Waals surface area (Å²) in [7, 11) is 1.17. The molecule has 242 valence electrons. The number of methoxy groups -OCH3 is 1. The van der Waals surface area contributed by atoms with Gasteiger partial charge in [0.05, 0.1) is 37.0 Å². The minimum Gasteiger partial charge on any atom is -0.504 e. The third-order valence-corrected chi connectivity index (χ3v) is 8.02. The molecule has 0 saturated carbocycles. The summed E-state index contributed by atoms with van der Waals surface area (Å²) in [6, 6.07) is 3.93. The van der Waals surface area contributed by atoms with Crippen LogP contribution in [0, 0.1) is 11.8 Å². The number of rotatable bonds is 8. The number of hydrogen-bond acceptors (Lipinski definition) is 15. The fourth-order valence-electron chi connectivity index (χ4n) is 5.64. The summed E-state index contributed by atoms with van der Waals surface area (Å²) < 4.78 is 33.1. The van der Waals surface area contributed by atoms with Crippen molar-refractivity contribution >= 4 is 24.0 Å². The second-order valence-corrected chi connectivity index (χ2v) is 10.8. The number of aliphatic hydroxyl groups is 4. The number of aromatic hydroxyl groups is 2. The van der Waals surface area contributed by atoms with Gasteiger partial charge >= 0.3 is 17.9 Å². The minimum atomic E-state index is -1.77. The van der Waals surface area contributed by atoms with Crippen LogP contribution >= 0.6 is 0 Å². The van der Waals surface area contributed by atoms with Crippen LogP contribution < -0.4 is 0 Å². The second kappa shape index (κ2) is 12.6. The lowest BCUT2D eigenvalue weighted by molar-refractivity contribution is -0.344. The molecule has 1 aromatic rings. The Morgan fingerprint density at radius 3 is 2.53 bits per heavy atom. The maximum Gasteiger partial charge on any atom is 0.338 e. The van der Waals surface area contributed by atoms with Crippen molar-refractivity contribution < 1.29 is 73.4 Å². The van der Waals surface area contributed by atoms with E-state index in [1.54, 1.807) is 6.08 Å². The van der Waals surface area contributed by atoms with Crippen molar-refractivity contribution in [3.05, 3.63) is 65.5 Å². The first-order chi connectivity index (χ1) is 21.4. The van der Waals surface area contributed by atoms with Gasteiger partial charge in [0, 0.05) is 12.0 Å². The molecule has 0 aromatic heterocycles. The molecule has 15 nitrogen and oxygen atoms in total. The number of carbonyl (C=O) groups is 3. The lowest BCUT2D eigenvalue weighted by atomic mass is 9.78. The van der Waals surface area contributed by atoms with Gasteiger partial charge in [-0.2, -0.15) is 0 Å². The molecule has 0 amide bonds. The third-order valence-electron chi connectivity index (χ3n) is 8.02. The molecular formula is C30H32O15. The van der Waals surface area contributed by atoms with Crippen molar-refractivity contribution in [2.75, 3.05) is 13.7 Å². The zero-order valence-corrected chi connectivity index (χ0v) is 24.0. The maximum absolute atomic E-state index is 13.1. The molecule has 0 radical (unpaired) electrons. The summed E-state index contributed by atoms with van der Waals surface area (Å²) in [6.07, 6.45) is -2.53. The summed E-state index contributed by atoms with van der Waals surface area (Å²) in [5.74, 6) is -4.92. The van der Waals surface area contributed by atoms with Crippen LogP contribution in [0.1, 0.15) is 12.5 Å². The molecule has 1 saturated heterocycles. The van der Waals surface area contributed by atoms with Crippen LogP contribution in [0.5, 0.6) is 11.5 Å². The average Bonchev–Trinajstić information content (AvgIpc) is 3.56. The molecule has 1 spiro atoms. The van der Waals surface area contributed by atoms with Gasteiger partial charge in [-0.1, -0.05) is 12.1 Å². The molecule has 10 atom stereocenters. The van der Waals surface area contributed by atoms with Crippen molar-refractivity contribution in [3.63, 3.8) is 0 Å². The standard InChI is InChI=1S/C30H32O15/c1-13(42-21(34)6-4-14-3-5-18(32)19(33)9-14)16-10-30(45-27(16)39)8-7-15-17(26(38)40-2)12-41-28(22(15)30)44-29-25(37)24(36)23(35)20(11-31)43-29/h3-10,12-13,15,20,22-25,28-29,31-33,35-37H,11H2,1-2H3. The van der Waals surface area contributed by atoms with Gasteiger partial charge in [-0.15, -0.1) is 0 Å². The zero-order valence-electron chi connectivity index (χ0n) is 24.0. The molecule has 5 rings (SSSR count). The van der Waals surface area contributed by atoms with Crippen molar-refractivity contribution in [3.8, 4) is 11.5 Å². The number of hydrogen-bond donors (Lipinski definition) is 6. The Morgan fingerprint density at radius 2 is 1.84 bits per heavy atom. The van der Waals surface area contributed by atoms with Crippen LogP contribution in [0.3, 0.4) is 0 Å². The lowest BCUT2D eigenvalue weighted by Gasteiger charge is -2.44. The van der Waals surface area contributed by atoms with Gasteiger partial charge in [0.1, 0.15) is 30.5 Å². The van der Waals surface area contributed by atoms with Gasteiger partial charge < -0.3 is 59.1 Å². The molecular weight excluding hydrogens is 600 g/mol. The molecule has 3 aliphatic heterocycles. The van der Waals surface area contributed by atoms with Crippen molar-refractivity contribution in [1.82, 2.24) is 0 Å². The van der Waals surface area contributed by atoms with E-state index in [0.29, 0.717) is 5.56 Å². The lowest BCUT2D eigenvalue weighted by Crippen LogP contribution is -2.60. The van der Waals surface area contributed by atoms with Crippen molar-refractivity contribution in [2.45, 2.75) is 55.6 Å². The number of phenols is 2. The molecule has 10 unspecified atom stereocenters.